The summed E-state index contributed by atoms with van der Waals surface area (Å²) in [6.45, 7) is 0. The molecule has 3 aromatic rings. The first-order valence-electron chi connectivity index (χ1n) is 6.18. The first kappa shape index (κ1) is 14.9. The van der Waals surface area contributed by atoms with Crippen LogP contribution in [0.4, 0.5) is 0 Å². The summed E-state index contributed by atoms with van der Waals surface area (Å²) in [6.07, 6.45) is 1.48. The summed E-state index contributed by atoms with van der Waals surface area (Å²) in [5, 5.41) is 5.43. The zero-order chi connectivity index (χ0) is 15.4. The summed E-state index contributed by atoms with van der Waals surface area (Å²) in [4.78, 5) is 33.2. The van der Waals surface area contributed by atoms with E-state index in [1.807, 2.05) is 11.4 Å². The van der Waals surface area contributed by atoms with Crippen LogP contribution < -0.4 is 10.9 Å². The minimum absolute atomic E-state index is 0.159. The smallest absolute Gasteiger partial charge is 0.272 e. The molecule has 3 aromatic heterocycles. The molecule has 0 fully saturated rings. The third-order valence-corrected chi connectivity index (χ3v) is 5.32. The molecule has 0 bridgehead atoms. The lowest BCUT2D eigenvalue weighted by molar-refractivity contribution is -0.119. The van der Waals surface area contributed by atoms with Crippen molar-refractivity contribution in [3.8, 4) is 0 Å². The molecule has 0 radical (unpaired) electrons. The van der Waals surface area contributed by atoms with Gasteiger partial charge in [-0.3, -0.25) is 20.4 Å². The van der Waals surface area contributed by atoms with E-state index in [4.69, 9.17) is 0 Å². The Bertz CT molecular complexity index is 801. The molecule has 3 rings (SSSR count). The van der Waals surface area contributed by atoms with Crippen LogP contribution in [0.2, 0.25) is 0 Å². The van der Waals surface area contributed by atoms with Gasteiger partial charge < -0.3 is 0 Å². The van der Waals surface area contributed by atoms with Crippen molar-refractivity contribution in [1.82, 2.24) is 20.8 Å². The van der Waals surface area contributed by atoms with Gasteiger partial charge in [0.1, 0.15) is 16.2 Å². The summed E-state index contributed by atoms with van der Waals surface area (Å²) in [6, 6.07) is 5.40. The highest BCUT2D eigenvalue weighted by molar-refractivity contribution is 8.00. The standard InChI is InChI=1S/C13H10N4O2S3/c18-10(16-17-11(19)9-2-1-4-20-9)6-22-13-8-3-5-21-12(8)14-7-15-13/h1-5,7H,6H2,(H,16,18)(H,17,19). The molecule has 0 aliphatic carbocycles. The Morgan fingerprint density at radius 1 is 1.14 bits per heavy atom. The maximum atomic E-state index is 11.8. The fourth-order valence-corrected chi connectivity index (χ4v) is 3.85. The van der Waals surface area contributed by atoms with Crippen molar-refractivity contribution < 1.29 is 9.59 Å². The van der Waals surface area contributed by atoms with E-state index < -0.39 is 0 Å². The Kier molecular flexibility index (Phi) is 4.66. The SMILES string of the molecule is O=C(CSc1ncnc2sccc12)NNC(=O)c1cccs1. The van der Waals surface area contributed by atoms with Crippen LogP contribution in [0, 0.1) is 0 Å². The molecule has 0 atom stereocenters. The van der Waals surface area contributed by atoms with Crippen molar-refractivity contribution >= 4 is 56.5 Å². The summed E-state index contributed by atoms with van der Waals surface area (Å²) >= 11 is 4.15. The molecule has 0 unspecified atom stereocenters. The molecular formula is C13H10N4O2S3. The molecule has 2 N–H and O–H groups in total. The van der Waals surface area contributed by atoms with E-state index in [1.165, 1.54) is 40.8 Å². The molecule has 0 saturated heterocycles. The van der Waals surface area contributed by atoms with E-state index in [0.717, 1.165) is 15.2 Å². The van der Waals surface area contributed by atoms with Crippen LogP contribution in [0.25, 0.3) is 10.2 Å². The van der Waals surface area contributed by atoms with E-state index in [0.29, 0.717) is 4.88 Å². The van der Waals surface area contributed by atoms with Gasteiger partial charge in [0.25, 0.3) is 5.91 Å². The zero-order valence-electron chi connectivity index (χ0n) is 11.1. The number of carbonyl (C=O) groups excluding carboxylic acids is 2. The molecule has 3 heterocycles. The lowest BCUT2D eigenvalue weighted by atomic mass is 10.4. The van der Waals surface area contributed by atoms with E-state index in [9.17, 15) is 9.59 Å². The summed E-state index contributed by atoms with van der Waals surface area (Å²) < 4.78 is 0. The Morgan fingerprint density at radius 3 is 2.86 bits per heavy atom. The second kappa shape index (κ2) is 6.86. The lowest BCUT2D eigenvalue weighted by Gasteiger charge is -2.06. The number of hydrogen-bond acceptors (Lipinski definition) is 7. The molecule has 6 nitrogen and oxygen atoms in total. The Labute approximate surface area is 138 Å². The van der Waals surface area contributed by atoms with E-state index in [-0.39, 0.29) is 17.6 Å². The average molecular weight is 350 g/mol. The topological polar surface area (TPSA) is 84.0 Å². The minimum atomic E-state index is -0.324. The van der Waals surface area contributed by atoms with Gasteiger partial charge in [-0.2, -0.15) is 0 Å². The van der Waals surface area contributed by atoms with Gasteiger partial charge in [0.15, 0.2) is 0 Å². The number of nitrogens with zero attached hydrogens (tertiary/aromatic N) is 2. The van der Waals surface area contributed by atoms with Crippen molar-refractivity contribution in [1.29, 1.82) is 0 Å². The van der Waals surface area contributed by atoms with Gasteiger partial charge in [-0.05, 0) is 22.9 Å². The third kappa shape index (κ3) is 3.43. The molecule has 9 heteroatoms. The monoisotopic (exact) mass is 350 g/mol. The number of aromatic nitrogens is 2. The first-order valence-corrected chi connectivity index (χ1v) is 8.92. The predicted molar refractivity (Wildman–Crippen MR) is 88.1 cm³/mol. The van der Waals surface area contributed by atoms with Gasteiger partial charge in [0.05, 0.1) is 10.6 Å². The number of rotatable bonds is 4. The predicted octanol–water partition coefficient (Wildman–Crippen LogP) is 2.31. The molecule has 2 amide bonds. The molecule has 0 aliphatic rings. The number of fused-ring (bicyclic) bond motifs is 1. The van der Waals surface area contributed by atoms with E-state index in [1.54, 1.807) is 17.5 Å². The number of nitrogens with one attached hydrogen (secondary N) is 2. The fraction of sp³-hybridized carbons (Fsp3) is 0.0769. The van der Waals surface area contributed by atoms with E-state index in [2.05, 4.69) is 20.8 Å². The summed E-state index contributed by atoms with van der Waals surface area (Å²) in [5.41, 5.74) is 4.77. The number of carbonyl (C=O) groups is 2. The molecule has 0 aliphatic heterocycles. The van der Waals surface area contributed by atoms with Gasteiger partial charge in [-0.25, -0.2) is 9.97 Å². The maximum Gasteiger partial charge on any atom is 0.279 e. The molecule has 0 spiro atoms. The van der Waals surface area contributed by atoms with Gasteiger partial charge in [-0.1, -0.05) is 17.8 Å². The van der Waals surface area contributed by atoms with Crippen molar-refractivity contribution in [2.24, 2.45) is 0 Å². The second-order valence-corrected chi connectivity index (χ2v) is 6.89. The van der Waals surface area contributed by atoms with Crippen LogP contribution in [0.15, 0.2) is 40.3 Å². The highest BCUT2D eigenvalue weighted by Gasteiger charge is 2.10. The number of thiophene rings is 2. The van der Waals surface area contributed by atoms with Gasteiger partial charge in [-0.15, -0.1) is 22.7 Å². The first-order chi connectivity index (χ1) is 10.7. The highest BCUT2D eigenvalue weighted by atomic mass is 32.2. The number of thioether (sulfide) groups is 1. The minimum Gasteiger partial charge on any atom is -0.272 e. The molecule has 112 valence electrons. The Balaban J connectivity index is 1.52. The van der Waals surface area contributed by atoms with Crippen LogP contribution >= 0.6 is 34.4 Å². The van der Waals surface area contributed by atoms with Crippen molar-refractivity contribution in [2.75, 3.05) is 5.75 Å². The van der Waals surface area contributed by atoms with E-state index >= 15 is 0 Å². The lowest BCUT2D eigenvalue weighted by Crippen LogP contribution is -2.42. The van der Waals surface area contributed by atoms with Gasteiger partial charge in [0.2, 0.25) is 5.91 Å². The van der Waals surface area contributed by atoms with Crippen molar-refractivity contribution in [3.63, 3.8) is 0 Å². The van der Waals surface area contributed by atoms with Crippen LogP contribution in [-0.2, 0) is 4.79 Å². The summed E-state index contributed by atoms with van der Waals surface area (Å²) in [5.74, 6) is -0.459. The van der Waals surface area contributed by atoms with Crippen LogP contribution in [0.5, 0.6) is 0 Å². The quantitative estimate of drug-likeness (QED) is 0.428. The fourth-order valence-electron chi connectivity index (χ4n) is 1.65. The van der Waals surface area contributed by atoms with Crippen LogP contribution in [-0.4, -0.2) is 27.5 Å². The number of amides is 2. The molecule has 0 aromatic carbocycles. The normalized spacial score (nSPS) is 10.5. The van der Waals surface area contributed by atoms with Gasteiger partial charge in [0, 0.05) is 5.39 Å². The molecule has 22 heavy (non-hydrogen) atoms. The largest absolute Gasteiger partial charge is 0.279 e. The average Bonchev–Trinajstić information content (AvgIpc) is 3.21. The van der Waals surface area contributed by atoms with Crippen LogP contribution in [0.1, 0.15) is 9.67 Å². The summed E-state index contributed by atoms with van der Waals surface area (Å²) in [7, 11) is 0. The Morgan fingerprint density at radius 2 is 2.05 bits per heavy atom. The maximum absolute atomic E-state index is 11.8. The number of hydrazine groups is 1. The zero-order valence-corrected chi connectivity index (χ0v) is 13.6. The molecule has 0 saturated carbocycles. The van der Waals surface area contributed by atoms with Crippen molar-refractivity contribution in [3.05, 3.63) is 40.2 Å². The molecular weight excluding hydrogens is 340 g/mol. The Hall–Kier alpha value is -1.97. The second-order valence-electron chi connectivity index (χ2n) is 4.09. The number of hydrogen-bond donors (Lipinski definition) is 2. The highest BCUT2D eigenvalue weighted by Crippen LogP contribution is 2.27. The van der Waals surface area contributed by atoms with Gasteiger partial charge >= 0.3 is 0 Å². The third-order valence-electron chi connectivity index (χ3n) is 2.63. The van der Waals surface area contributed by atoms with Crippen molar-refractivity contribution in [2.45, 2.75) is 5.03 Å². The van der Waals surface area contributed by atoms with Crippen LogP contribution in [0.3, 0.4) is 0 Å².